The van der Waals surface area contributed by atoms with Crippen LogP contribution in [-0.2, 0) is 14.9 Å². The van der Waals surface area contributed by atoms with Gasteiger partial charge in [0.05, 0.1) is 0 Å². The number of nitrogens with one attached hydrogen (secondary N) is 1. The van der Waals surface area contributed by atoms with E-state index in [1.807, 2.05) is 0 Å². The van der Waals surface area contributed by atoms with Crippen LogP contribution < -0.4 is 5.32 Å². The van der Waals surface area contributed by atoms with Crippen molar-refractivity contribution in [3.63, 3.8) is 0 Å². The lowest BCUT2D eigenvalue weighted by molar-refractivity contribution is 0.00351. The van der Waals surface area contributed by atoms with Crippen molar-refractivity contribution in [3.8, 4) is 0 Å². The third-order valence-corrected chi connectivity index (χ3v) is 8.32. The Morgan fingerprint density at radius 2 is 1.88 bits per heavy atom. The topological polar surface area (TPSA) is 61.9 Å². The molecular formula is C17H33N3O3S. The molecule has 7 heteroatoms. The Hall–Kier alpha value is -0.210. The van der Waals surface area contributed by atoms with E-state index in [2.05, 4.69) is 5.32 Å². The molecule has 3 rings (SSSR count). The maximum atomic E-state index is 12.6. The molecule has 0 aromatic heterocycles. The molecule has 1 saturated carbocycles. The Morgan fingerprint density at radius 3 is 2.58 bits per heavy atom. The zero-order valence-corrected chi connectivity index (χ0v) is 16.0. The van der Waals surface area contributed by atoms with Gasteiger partial charge in [0.2, 0.25) is 0 Å². The van der Waals surface area contributed by atoms with Crippen molar-refractivity contribution >= 4 is 10.2 Å². The van der Waals surface area contributed by atoms with Gasteiger partial charge in [0.25, 0.3) is 10.2 Å². The van der Waals surface area contributed by atoms with E-state index < -0.39 is 10.2 Å². The van der Waals surface area contributed by atoms with Gasteiger partial charge < -0.3 is 10.1 Å². The van der Waals surface area contributed by atoms with Crippen molar-refractivity contribution < 1.29 is 13.2 Å². The van der Waals surface area contributed by atoms with Crippen LogP contribution in [0.1, 0.15) is 51.4 Å². The van der Waals surface area contributed by atoms with Crippen molar-refractivity contribution in [2.24, 2.45) is 5.41 Å². The minimum Gasteiger partial charge on any atom is -0.381 e. The van der Waals surface area contributed by atoms with Crippen LogP contribution in [0.5, 0.6) is 0 Å². The minimum absolute atomic E-state index is 0.0867. The maximum absolute atomic E-state index is 12.6. The normalized spacial score (nSPS) is 31.8. The van der Waals surface area contributed by atoms with Gasteiger partial charge in [-0.05, 0) is 43.9 Å². The molecule has 2 saturated heterocycles. The van der Waals surface area contributed by atoms with Crippen LogP contribution in [0.4, 0.5) is 0 Å². The predicted molar refractivity (Wildman–Crippen MR) is 95.1 cm³/mol. The Morgan fingerprint density at radius 1 is 1.12 bits per heavy atom. The fourth-order valence-corrected chi connectivity index (χ4v) is 6.14. The van der Waals surface area contributed by atoms with Gasteiger partial charge in [0.15, 0.2) is 0 Å². The van der Waals surface area contributed by atoms with Crippen LogP contribution in [0.25, 0.3) is 0 Å². The largest absolute Gasteiger partial charge is 0.381 e. The molecule has 6 nitrogen and oxygen atoms in total. The molecule has 0 radical (unpaired) electrons. The van der Waals surface area contributed by atoms with E-state index in [4.69, 9.17) is 4.74 Å². The van der Waals surface area contributed by atoms with E-state index in [-0.39, 0.29) is 6.04 Å². The lowest BCUT2D eigenvalue weighted by atomic mass is 9.75. The molecule has 1 aliphatic carbocycles. The highest BCUT2D eigenvalue weighted by atomic mass is 32.2. The second-order valence-electron chi connectivity index (χ2n) is 7.88. The molecule has 140 valence electrons. The highest BCUT2D eigenvalue weighted by Gasteiger charge is 2.44. The minimum atomic E-state index is -3.32. The van der Waals surface area contributed by atoms with Gasteiger partial charge in [-0.15, -0.1) is 0 Å². The summed E-state index contributed by atoms with van der Waals surface area (Å²) in [5, 5.41) is 3.77. The lowest BCUT2D eigenvalue weighted by Gasteiger charge is -2.41. The van der Waals surface area contributed by atoms with Gasteiger partial charge in [0.1, 0.15) is 0 Å². The molecule has 1 spiro atoms. The predicted octanol–water partition coefficient (Wildman–Crippen LogP) is 1.59. The van der Waals surface area contributed by atoms with Crippen molar-refractivity contribution in [2.45, 2.75) is 63.5 Å². The quantitative estimate of drug-likeness (QED) is 0.810. The number of rotatable bonds is 5. The molecule has 3 fully saturated rings. The fraction of sp³-hybridized carbons (Fsp3) is 1.00. The summed E-state index contributed by atoms with van der Waals surface area (Å²) in [7, 11) is -0.0667. The third kappa shape index (κ3) is 3.65. The highest BCUT2D eigenvalue weighted by Crippen LogP contribution is 2.46. The first kappa shape index (κ1) is 18.6. The van der Waals surface area contributed by atoms with E-state index in [0.29, 0.717) is 18.0 Å². The molecule has 1 N–H and O–H groups in total. The summed E-state index contributed by atoms with van der Waals surface area (Å²) in [4.78, 5) is 0. The lowest BCUT2D eigenvalue weighted by Crippen LogP contribution is -2.54. The summed E-state index contributed by atoms with van der Waals surface area (Å²) in [6.45, 7) is 3.18. The molecule has 2 unspecified atom stereocenters. The Kier molecular flexibility index (Phi) is 5.87. The molecule has 3 aliphatic rings. The molecule has 0 aromatic rings. The van der Waals surface area contributed by atoms with E-state index in [1.165, 1.54) is 23.6 Å². The van der Waals surface area contributed by atoms with Gasteiger partial charge >= 0.3 is 0 Å². The zero-order valence-electron chi connectivity index (χ0n) is 15.2. The second-order valence-corrected chi connectivity index (χ2v) is 9.97. The average Bonchev–Trinajstić information content (AvgIpc) is 2.95. The van der Waals surface area contributed by atoms with E-state index >= 15 is 0 Å². The summed E-state index contributed by atoms with van der Waals surface area (Å²) < 4.78 is 33.8. The first-order valence-corrected chi connectivity index (χ1v) is 10.9. The molecule has 0 bridgehead atoms. The van der Waals surface area contributed by atoms with Crippen LogP contribution in [0, 0.1) is 5.41 Å². The molecule has 2 heterocycles. The number of hydrogen-bond acceptors (Lipinski definition) is 4. The molecule has 2 aliphatic heterocycles. The summed E-state index contributed by atoms with van der Waals surface area (Å²) in [6, 6.07) is 0.607. The maximum Gasteiger partial charge on any atom is 0.281 e. The van der Waals surface area contributed by atoms with Crippen molar-refractivity contribution in [2.75, 3.05) is 40.4 Å². The summed E-state index contributed by atoms with van der Waals surface area (Å²) >= 11 is 0. The zero-order chi connectivity index (χ0) is 17.2. The molecular weight excluding hydrogens is 326 g/mol. The average molecular weight is 360 g/mol. The summed E-state index contributed by atoms with van der Waals surface area (Å²) in [5.41, 5.74) is 0.387. The molecule has 0 amide bonds. The Bertz CT molecular complexity index is 517. The van der Waals surface area contributed by atoms with Crippen molar-refractivity contribution in [1.82, 2.24) is 13.9 Å². The van der Waals surface area contributed by atoms with Gasteiger partial charge in [-0.3, -0.25) is 0 Å². The number of nitrogens with zero attached hydrogens (tertiary/aromatic N) is 2. The first-order valence-electron chi connectivity index (χ1n) is 9.46. The summed E-state index contributed by atoms with van der Waals surface area (Å²) in [6.07, 6.45) is 9.13. The first-order chi connectivity index (χ1) is 11.5. The van der Waals surface area contributed by atoms with Crippen molar-refractivity contribution in [3.05, 3.63) is 0 Å². The SMILES string of the molecule is CN(C)S(=O)(=O)N1CCCCC1CNC1CCCC12CCOCC2. The highest BCUT2D eigenvalue weighted by molar-refractivity contribution is 7.86. The number of hydrogen-bond donors (Lipinski definition) is 1. The molecule has 24 heavy (non-hydrogen) atoms. The Balaban J connectivity index is 1.64. The van der Waals surface area contributed by atoms with E-state index in [9.17, 15) is 8.42 Å². The third-order valence-electron chi connectivity index (χ3n) is 6.33. The van der Waals surface area contributed by atoms with Crippen LogP contribution in [-0.4, -0.2) is 69.5 Å². The van der Waals surface area contributed by atoms with Crippen LogP contribution in [0.2, 0.25) is 0 Å². The summed E-state index contributed by atoms with van der Waals surface area (Å²) in [5.74, 6) is 0. The van der Waals surface area contributed by atoms with Crippen LogP contribution in [0.15, 0.2) is 0 Å². The molecule has 0 aromatic carbocycles. The van der Waals surface area contributed by atoms with E-state index in [0.717, 1.165) is 51.9 Å². The second kappa shape index (κ2) is 7.58. The number of ether oxygens (including phenoxy) is 1. The van der Waals surface area contributed by atoms with Gasteiger partial charge in [-0.1, -0.05) is 12.8 Å². The number of piperidine rings is 1. The van der Waals surface area contributed by atoms with Crippen molar-refractivity contribution in [1.29, 1.82) is 0 Å². The Labute approximate surface area is 147 Å². The van der Waals surface area contributed by atoms with Gasteiger partial charge in [0, 0.05) is 52.5 Å². The van der Waals surface area contributed by atoms with Gasteiger partial charge in [-0.25, -0.2) is 0 Å². The van der Waals surface area contributed by atoms with Gasteiger partial charge in [-0.2, -0.15) is 17.0 Å². The fourth-order valence-electron chi connectivity index (χ4n) is 4.80. The van der Waals surface area contributed by atoms with E-state index in [1.54, 1.807) is 18.4 Å². The van der Waals surface area contributed by atoms with Crippen LogP contribution >= 0.6 is 0 Å². The smallest absolute Gasteiger partial charge is 0.281 e. The van der Waals surface area contributed by atoms with Crippen LogP contribution in [0.3, 0.4) is 0 Å². The standard InChI is InChI=1S/C17H33N3O3S/c1-19(2)24(21,22)20-11-4-3-6-15(20)14-18-16-7-5-8-17(16)9-12-23-13-10-17/h15-16,18H,3-14H2,1-2H3. The monoisotopic (exact) mass is 359 g/mol. The molecule has 2 atom stereocenters.